The molecule has 1 atom stereocenters. The zero-order valence-electron chi connectivity index (χ0n) is 21.7. The standard InChI is InChI=1S/C26H40N6O3/c1-19-16-30(25(33)35-26(2,3)4)10-11-31(19)23-22-21(29-12-14-34-15-13-29)17-32(24(22)28-18-27-23)20-8-6-5-7-9-20/h17-20H,5-16H2,1-4H3/t19-/m0/s1. The third kappa shape index (κ3) is 5.06. The number of anilines is 2. The average molecular weight is 485 g/mol. The molecule has 0 unspecified atom stereocenters. The highest BCUT2D eigenvalue weighted by molar-refractivity contribution is 6.00. The lowest BCUT2D eigenvalue weighted by atomic mass is 9.95. The van der Waals surface area contributed by atoms with Gasteiger partial charge in [0, 0.05) is 51.0 Å². The highest BCUT2D eigenvalue weighted by Crippen LogP contribution is 2.40. The van der Waals surface area contributed by atoms with Gasteiger partial charge in [-0.05, 0) is 40.5 Å². The Bertz CT molecular complexity index is 1040. The number of nitrogens with zero attached hydrogens (tertiary/aromatic N) is 6. The first kappa shape index (κ1) is 24.2. The van der Waals surface area contributed by atoms with E-state index in [0.717, 1.165) is 43.2 Å². The number of carbonyl (C=O) groups excluding carboxylic acids is 1. The molecule has 2 aromatic heterocycles. The predicted molar refractivity (Wildman–Crippen MR) is 137 cm³/mol. The van der Waals surface area contributed by atoms with Crippen LogP contribution < -0.4 is 9.80 Å². The highest BCUT2D eigenvalue weighted by Gasteiger charge is 2.33. The number of morpholine rings is 1. The van der Waals surface area contributed by atoms with Crippen LogP contribution in [-0.4, -0.2) is 83.1 Å². The van der Waals surface area contributed by atoms with Crippen LogP contribution in [0.2, 0.25) is 0 Å². The molecule has 0 spiro atoms. The molecule has 192 valence electrons. The first-order chi connectivity index (χ1) is 16.8. The molecule has 0 bridgehead atoms. The van der Waals surface area contributed by atoms with Gasteiger partial charge in [0.2, 0.25) is 0 Å². The quantitative estimate of drug-likeness (QED) is 0.646. The smallest absolute Gasteiger partial charge is 0.410 e. The number of hydrogen-bond acceptors (Lipinski definition) is 7. The molecule has 0 aromatic carbocycles. The van der Waals surface area contributed by atoms with Crippen LogP contribution in [0, 0.1) is 0 Å². The molecule has 1 aliphatic carbocycles. The van der Waals surface area contributed by atoms with Crippen LogP contribution in [0.1, 0.15) is 65.8 Å². The molecule has 3 aliphatic rings. The molecule has 0 radical (unpaired) electrons. The largest absolute Gasteiger partial charge is 0.444 e. The van der Waals surface area contributed by atoms with Gasteiger partial charge in [0.15, 0.2) is 0 Å². The lowest BCUT2D eigenvalue weighted by Gasteiger charge is -2.41. The summed E-state index contributed by atoms with van der Waals surface area (Å²) in [5.41, 5.74) is 1.75. The average Bonchev–Trinajstić information content (AvgIpc) is 3.24. The van der Waals surface area contributed by atoms with Gasteiger partial charge in [0.25, 0.3) is 0 Å². The fraction of sp³-hybridized carbons (Fsp3) is 0.731. The monoisotopic (exact) mass is 484 g/mol. The molecule has 9 heteroatoms. The van der Waals surface area contributed by atoms with Crippen LogP contribution in [0.15, 0.2) is 12.5 Å². The van der Waals surface area contributed by atoms with Gasteiger partial charge < -0.3 is 28.7 Å². The van der Waals surface area contributed by atoms with Crippen molar-refractivity contribution in [2.45, 2.75) is 77.5 Å². The summed E-state index contributed by atoms with van der Waals surface area (Å²) < 4.78 is 13.7. The van der Waals surface area contributed by atoms with Gasteiger partial charge in [-0.25, -0.2) is 14.8 Å². The normalized spacial score (nSPS) is 22.6. The van der Waals surface area contributed by atoms with Gasteiger partial charge in [0.1, 0.15) is 23.4 Å². The summed E-state index contributed by atoms with van der Waals surface area (Å²) in [6, 6.07) is 0.607. The maximum atomic E-state index is 12.7. The summed E-state index contributed by atoms with van der Waals surface area (Å²) in [6.07, 6.45) is 10.1. The number of fused-ring (bicyclic) bond motifs is 1. The van der Waals surface area contributed by atoms with E-state index >= 15 is 0 Å². The van der Waals surface area contributed by atoms with E-state index in [9.17, 15) is 4.79 Å². The predicted octanol–water partition coefficient (Wildman–Crippen LogP) is 4.22. The molecule has 9 nitrogen and oxygen atoms in total. The van der Waals surface area contributed by atoms with E-state index in [-0.39, 0.29) is 12.1 Å². The Hall–Kier alpha value is -2.55. The minimum absolute atomic E-state index is 0.116. The zero-order valence-corrected chi connectivity index (χ0v) is 21.7. The Morgan fingerprint density at radius 1 is 1.06 bits per heavy atom. The second-order valence-electron chi connectivity index (χ2n) is 11.2. The molecule has 2 saturated heterocycles. The lowest BCUT2D eigenvalue weighted by Crippen LogP contribution is -2.55. The molecule has 4 heterocycles. The van der Waals surface area contributed by atoms with Crippen LogP contribution in [0.5, 0.6) is 0 Å². The Balaban J connectivity index is 1.48. The maximum absolute atomic E-state index is 12.7. The van der Waals surface area contributed by atoms with Crippen molar-refractivity contribution in [3.8, 4) is 0 Å². The van der Waals surface area contributed by atoms with Crippen molar-refractivity contribution in [3.63, 3.8) is 0 Å². The van der Waals surface area contributed by atoms with E-state index in [1.54, 1.807) is 6.33 Å². The minimum Gasteiger partial charge on any atom is -0.444 e. The summed E-state index contributed by atoms with van der Waals surface area (Å²) in [7, 11) is 0. The van der Waals surface area contributed by atoms with Crippen molar-refractivity contribution >= 4 is 28.6 Å². The number of carbonyl (C=O) groups is 1. The van der Waals surface area contributed by atoms with Crippen molar-refractivity contribution < 1.29 is 14.3 Å². The number of aromatic nitrogens is 3. The molecule has 5 rings (SSSR count). The summed E-state index contributed by atoms with van der Waals surface area (Å²) in [4.78, 5) is 28.9. The third-order valence-corrected chi connectivity index (χ3v) is 7.44. The molecule has 0 N–H and O–H groups in total. The zero-order chi connectivity index (χ0) is 24.6. The van der Waals surface area contributed by atoms with Crippen molar-refractivity contribution in [2.75, 3.05) is 55.7 Å². The van der Waals surface area contributed by atoms with Gasteiger partial charge in [-0.3, -0.25) is 0 Å². The van der Waals surface area contributed by atoms with Crippen LogP contribution in [0.4, 0.5) is 16.3 Å². The summed E-state index contributed by atoms with van der Waals surface area (Å²) in [5, 5.41) is 1.14. The number of amides is 1. The van der Waals surface area contributed by atoms with E-state index in [4.69, 9.17) is 19.4 Å². The van der Waals surface area contributed by atoms with Gasteiger partial charge >= 0.3 is 6.09 Å². The topological polar surface area (TPSA) is 76.0 Å². The summed E-state index contributed by atoms with van der Waals surface area (Å²) in [5.74, 6) is 0.974. The minimum atomic E-state index is -0.495. The van der Waals surface area contributed by atoms with Gasteiger partial charge in [-0.2, -0.15) is 0 Å². The van der Waals surface area contributed by atoms with Crippen LogP contribution in [-0.2, 0) is 9.47 Å². The Kier molecular flexibility index (Phi) is 6.79. The Morgan fingerprint density at radius 2 is 1.80 bits per heavy atom. The molecule has 3 fully saturated rings. The number of rotatable bonds is 3. The maximum Gasteiger partial charge on any atom is 0.410 e. The fourth-order valence-electron chi connectivity index (χ4n) is 5.71. The molecule has 2 aromatic rings. The number of hydrogen-bond donors (Lipinski definition) is 0. The Labute approximate surface area is 208 Å². The summed E-state index contributed by atoms with van der Waals surface area (Å²) >= 11 is 0. The van der Waals surface area contributed by atoms with Gasteiger partial charge in [-0.1, -0.05) is 19.3 Å². The van der Waals surface area contributed by atoms with E-state index in [1.807, 2.05) is 25.7 Å². The number of ether oxygens (including phenoxy) is 2. The van der Waals surface area contributed by atoms with E-state index in [0.29, 0.717) is 25.7 Å². The van der Waals surface area contributed by atoms with E-state index in [1.165, 1.54) is 37.8 Å². The molecule has 1 amide bonds. The molecule has 35 heavy (non-hydrogen) atoms. The second-order valence-corrected chi connectivity index (χ2v) is 11.2. The molecular weight excluding hydrogens is 444 g/mol. The fourth-order valence-corrected chi connectivity index (χ4v) is 5.71. The second kappa shape index (κ2) is 9.84. The summed E-state index contributed by atoms with van der Waals surface area (Å²) in [6.45, 7) is 13.1. The van der Waals surface area contributed by atoms with Gasteiger partial charge in [0.05, 0.1) is 24.3 Å². The lowest BCUT2D eigenvalue weighted by molar-refractivity contribution is 0.0218. The van der Waals surface area contributed by atoms with Crippen LogP contribution in [0.25, 0.3) is 11.0 Å². The SMILES string of the molecule is C[C@H]1CN(C(=O)OC(C)(C)C)CCN1c1ncnc2c1c(N1CCOCC1)cn2C1CCCCC1. The van der Waals surface area contributed by atoms with Crippen molar-refractivity contribution in [3.05, 3.63) is 12.5 Å². The van der Waals surface area contributed by atoms with Crippen LogP contribution >= 0.6 is 0 Å². The van der Waals surface area contributed by atoms with E-state index in [2.05, 4.69) is 27.5 Å². The van der Waals surface area contributed by atoms with Crippen molar-refractivity contribution in [2.24, 2.45) is 0 Å². The molecular formula is C26H40N6O3. The molecule has 1 saturated carbocycles. The van der Waals surface area contributed by atoms with E-state index < -0.39 is 5.60 Å². The highest BCUT2D eigenvalue weighted by atomic mass is 16.6. The van der Waals surface area contributed by atoms with Crippen molar-refractivity contribution in [1.82, 2.24) is 19.4 Å². The first-order valence-corrected chi connectivity index (χ1v) is 13.2. The first-order valence-electron chi connectivity index (χ1n) is 13.2. The third-order valence-electron chi connectivity index (χ3n) is 7.44. The van der Waals surface area contributed by atoms with Crippen molar-refractivity contribution in [1.29, 1.82) is 0 Å². The van der Waals surface area contributed by atoms with Crippen LogP contribution in [0.3, 0.4) is 0 Å². The molecule has 2 aliphatic heterocycles. The Morgan fingerprint density at radius 3 is 2.49 bits per heavy atom. The number of piperazine rings is 1. The van der Waals surface area contributed by atoms with Gasteiger partial charge in [-0.15, -0.1) is 0 Å².